The number of nitrogens with one attached hydrogen (secondary N) is 1. The van der Waals surface area contributed by atoms with Crippen LogP contribution in [0.25, 0.3) is 0 Å². The second kappa shape index (κ2) is 3.69. The van der Waals surface area contributed by atoms with Crippen LogP contribution >= 0.6 is 0 Å². The van der Waals surface area contributed by atoms with Crippen molar-refractivity contribution in [1.29, 1.82) is 0 Å². The fourth-order valence-corrected chi connectivity index (χ4v) is 4.34. The van der Waals surface area contributed by atoms with Crippen molar-refractivity contribution in [1.82, 2.24) is 0 Å². The maximum atomic E-state index is 11.5. The van der Waals surface area contributed by atoms with Crippen LogP contribution in [0.3, 0.4) is 0 Å². The number of para-hydroxylation sites is 1. The molecule has 1 N–H and O–H groups in total. The van der Waals surface area contributed by atoms with Crippen molar-refractivity contribution in [3.8, 4) is 0 Å². The molecule has 1 aromatic rings. The summed E-state index contributed by atoms with van der Waals surface area (Å²) in [6.45, 7) is 2.09. The number of carbonyl (C=O) groups excluding carboxylic acids is 1. The van der Waals surface area contributed by atoms with Crippen molar-refractivity contribution in [2.75, 3.05) is 5.32 Å². The SMILES string of the molecule is CCC1[Te]c2ccccc2NC1=O. The van der Waals surface area contributed by atoms with Crippen LogP contribution in [0.15, 0.2) is 24.3 Å². The number of hydrogen-bond donors (Lipinski definition) is 1. The third-order valence-electron chi connectivity index (χ3n) is 2.08. The maximum absolute atomic E-state index is 11.5. The monoisotopic (exact) mass is 291 g/mol. The van der Waals surface area contributed by atoms with E-state index in [4.69, 9.17) is 0 Å². The van der Waals surface area contributed by atoms with Crippen molar-refractivity contribution in [2.45, 2.75) is 17.3 Å². The van der Waals surface area contributed by atoms with Gasteiger partial charge in [0.1, 0.15) is 0 Å². The number of hydrogen-bond acceptors (Lipinski definition) is 1. The molecule has 1 unspecified atom stereocenters. The average Bonchev–Trinajstić information content (AvgIpc) is 2.17. The summed E-state index contributed by atoms with van der Waals surface area (Å²) in [6.07, 6.45) is 0.975. The number of carbonyl (C=O) groups is 1. The molecule has 13 heavy (non-hydrogen) atoms. The summed E-state index contributed by atoms with van der Waals surface area (Å²) >= 11 is -0.307. The molecule has 0 bridgehead atoms. The first-order valence-corrected chi connectivity index (χ1v) is 6.89. The molecule has 1 heterocycles. The zero-order chi connectivity index (χ0) is 9.26. The van der Waals surface area contributed by atoms with E-state index < -0.39 is 0 Å². The fourth-order valence-electron chi connectivity index (χ4n) is 1.36. The Hall–Kier alpha value is -0.520. The summed E-state index contributed by atoms with van der Waals surface area (Å²) in [6, 6.07) is 8.15. The first-order chi connectivity index (χ1) is 6.31. The van der Waals surface area contributed by atoms with Crippen LogP contribution < -0.4 is 8.93 Å². The molecule has 0 radical (unpaired) electrons. The molecule has 1 aliphatic heterocycles. The van der Waals surface area contributed by atoms with E-state index >= 15 is 0 Å². The molecule has 2 rings (SSSR count). The van der Waals surface area contributed by atoms with Crippen molar-refractivity contribution < 1.29 is 4.79 Å². The van der Waals surface area contributed by atoms with Gasteiger partial charge in [0.05, 0.1) is 0 Å². The zero-order valence-electron chi connectivity index (χ0n) is 7.41. The van der Waals surface area contributed by atoms with E-state index in [2.05, 4.69) is 18.3 Å². The van der Waals surface area contributed by atoms with Gasteiger partial charge in [-0.25, -0.2) is 0 Å². The molecule has 1 aliphatic rings. The quantitative estimate of drug-likeness (QED) is 0.772. The van der Waals surface area contributed by atoms with Gasteiger partial charge in [0, 0.05) is 0 Å². The van der Waals surface area contributed by atoms with Gasteiger partial charge < -0.3 is 0 Å². The zero-order valence-corrected chi connectivity index (χ0v) is 9.74. The van der Waals surface area contributed by atoms with E-state index in [1.807, 2.05) is 18.2 Å². The van der Waals surface area contributed by atoms with Gasteiger partial charge in [-0.2, -0.15) is 0 Å². The Morgan fingerprint density at radius 2 is 2.23 bits per heavy atom. The third-order valence-corrected chi connectivity index (χ3v) is 6.19. The van der Waals surface area contributed by atoms with Gasteiger partial charge in [-0.15, -0.1) is 0 Å². The van der Waals surface area contributed by atoms with Crippen LogP contribution in [0, 0.1) is 0 Å². The molecule has 1 atom stereocenters. The minimum absolute atomic E-state index is 0.226. The number of fused-ring (bicyclic) bond motifs is 1. The predicted octanol–water partition coefficient (Wildman–Crippen LogP) is 1.17. The fraction of sp³-hybridized carbons (Fsp3) is 0.300. The van der Waals surface area contributed by atoms with Crippen LogP contribution in [0.5, 0.6) is 0 Å². The van der Waals surface area contributed by atoms with Gasteiger partial charge in [0.25, 0.3) is 0 Å². The van der Waals surface area contributed by atoms with Crippen LogP contribution in [0.4, 0.5) is 5.69 Å². The van der Waals surface area contributed by atoms with E-state index in [1.54, 1.807) is 0 Å². The van der Waals surface area contributed by atoms with Gasteiger partial charge in [-0.05, 0) is 0 Å². The first-order valence-electron chi connectivity index (χ1n) is 4.38. The van der Waals surface area contributed by atoms with Crippen LogP contribution in [0.2, 0.25) is 3.97 Å². The molecule has 0 spiro atoms. The molecule has 0 aromatic heterocycles. The second-order valence-corrected chi connectivity index (χ2v) is 6.55. The Balaban J connectivity index is 2.33. The van der Waals surface area contributed by atoms with Crippen LogP contribution in [-0.4, -0.2) is 26.8 Å². The molecule has 0 fully saturated rings. The third kappa shape index (κ3) is 1.72. The normalized spacial score (nSPS) is 20.7. The summed E-state index contributed by atoms with van der Waals surface area (Å²) in [5, 5.41) is 2.95. The van der Waals surface area contributed by atoms with E-state index in [1.165, 1.54) is 3.61 Å². The Labute approximate surface area is 87.8 Å². The van der Waals surface area contributed by atoms with Crippen molar-refractivity contribution in [2.24, 2.45) is 0 Å². The molecule has 1 amide bonds. The second-order valence-electron chi connectivity index (χ2n) is 3.00. The van der Waals surface area contributed by atoms with E-state index in [-0.39, 0.29) is 26.8 Å². The van der Waals surface area contributed by atoms with Gasteiger partial charge in [0.15, 0.2) is 0 Å². The summed E-state index contributed by atoms with van der Waals surface area (Å²) < 4.78 is 1.68. The van der Waals surface area contributed by atoms with Crippen molar-refractivity contribution in [3.05, 3.63) is 24.3 Å². The van der Waals surface area contributed by atoms with Crippen LogP contribution in [-0.2, 0) is 4.79 Å². The summed E-state index contributed by atoms with van der Waals surface area (Å²) in [7, 11) is 0. The Bertz CT molecular complexity index is 337. The molecule has 3 heteroatoms. The van der Waals surface area contributed by atoms with Gasteiger partial charge >= 0.3 is 87.8 Å². The van der Waals surface area contributed by atoms with Gasteiger partial charge in [-0.1, -0.05) is 0 Å². The first kappa shape index (κ1) is 9.05. The minimum atomic E-state index is -0.307. The summed E-state index contributed by atoms with van der Waals surface area (Å²) in [5.74, 6) is 0.226. The standard InChI is InChI=1S/C10H11NOTe/c1-2-8-10(12)11-7-5-3-4-6-9(7)13-8/h3-6,8H,2H2,1H3,(H,11,12). The molecule has 1 aromatic carbocycles. The van der Waals surface area contributed by atoms with Crippen molar-refractivity contribution in [3.63, 3.8) is 0 Å². The molecular weight excluding hydrogens is 278 g/mol. The average molecular weight is 289 g/mol. The number of rotatable bonds is 1. The van der Waals surface area contributed by atoms with E-state index in [9.17, 15) is 4.79 Å². The Morgan fingerprint density at radius 1 is 1.46 bits per heavy atom. The van der Waals surface area contributed by atoms with Gasteiger partial charge in [-0.3, -0.25) is 0 Å². The molecular formula is C10H11NOTe. The topological polar surface area (TPSA) is 29.1 Å². The number of benzene rings is 1. The number of amides is 1. The predicted molar refractivity (Wildman–Crippen MR) is 54.5 cm³/mol. The molecule has 0 saturated carbocycles. The molecule has 0 saturated heterocycles. The van der Waals surface area contributed by atoms with E-state index in [0.717, 1.165) is 12.1 Å². The number of anilines is 1. The molecule has 0 aliphatic carbocycles. The summed E-state index contributed by atoms with van der Waals surface area (Å²) in [5.41, 5.74) is 1.04. The Morgan fingerprint density at radius 3 is 3.00 bits per heavy atom. The molecule has 68 valence electrons. The van der Waals surface area contributed by atoms with Gasteiger partial charge in [0.2, 0.25) is 0 Å². The van der Waals surface area contributed by atoms with E-state index in [0.29, 0.717) is 3.97 Å². The van der Waals surface area contributed by atoms with Crippen LogP contribution in [0.1, 0.15) is 13.3 Å². The Kier molecular flexibility index (Phi) is 2.57. The van der Waals surface area contributed by atoms with Crippen molar-refractivity contribution >= 4 is 36.1 Å². The molecule has 2 nitrogen and oxygen atoms in total. The summed E-state index contributed by atoms with van der Waals surface area (Å²) in [4.78, 5) is 11.5.